The normalized spacial score (nSPS) is 10.2. The number of halogens is 2. The highest BCUT2D eigenvalue weighted by molar-refractivity contribution is 7.80. The Balaban J connectivity index is 1.90. The number of anilines is 1. The number of aryl methyl sites for hydroxylation is 1. The summed E-state index contributed by atoms with van der Waals surface area (Å²) in [4.78, 5) is 0. The second-order valence-corrected chi connectivity index (χ2v) is 5.24. The van der Waals surface area contributed by atoms with Crippen molar-refractivity contribution in [1.29, 1.82) is 0 Å². The van der Waals surface area contributed by atoms with Crippen molar-refractivity contribution in [2.75, 3.05) is 5.32 Å². The second kappa shape index (κ2) is 6.68. The number of benzene rings is 2. The van der Waals surface area contributed by atoms with Gasteiger partial charge in [-0.1, -0.05) is 23.7 Å². The van der Waals surface area contributed by atoms with Crippen LogP contribution >= 0.6 is 23.8 Å². The van der Waals surface area contributed by atoms with E-state index in [9.17, 15) is 4.39 Å². The number of thiocarbonyl (C=S) groups is 1. The third-order valence-electron chi connectivity index (χ3n) is 2.80. The highest BCUT2D eigenvalue weighted by atomic mass is 35.5. The first-order valence-electron chi connectivity index (χ1n) is 6.10. The van der Waals surface area contributed by atoms with Crippen molar-refractivity contribution in [3.8, 4) is 0 Å². The molecule has 0 heterocycles. The third-order valence-corrected chi connectivity index (χ3v) is 3.30. The highest BCUT2D eigenvalue weighted by Crippen LogP contribution is 2.15. The van der Waals surface area contributed by atoms with Crippen molar-refractivity contribution in [2.24, 2.45) is 0 Å². The van der Waals surface area contributed by atoms with Gasteiger partial charge in [-0.05, 0) is 60.6 Å². The Morgan fingerprint density at radius 2 is 1.90 bits per heavy atom. The van der Waals surface area contributed by atoms with Crippen LogP contribution in [0.3, 0.4) is 0 Å². The van der Waals surface area contributed by atoms with Crippen LogP contribution in [-0.2, 0) is 6.54 Å². The standard InChI is InChI=1S/C15H14ClFN2S/c1-10-8-13(17)6-7-14(10)19-15(20)18-9-11-2-4-12(16)5-3-11/h2-8H,9H2,1H3,(H2,18,19,20). The molecule has 0 spiro atoms. The topological polar surface area (TPSA) is 24.1 Å². The van der Waals surface area contributed by atoms with Gasteiger partial charge in [-0.25, -0.2) is 4.39 Å². The lowest BCUT2D eigenvalue weighted by Gasteiger charge is -2.12. The van der Waals surface area contributed by atoms with Gasteiger partial charge in [-0.15, -0.1) is 0 Å². The maximum atomic E-state index is 13.0. The second-order valence-electron chi connectivity index (χ2n) is 4.39. The van der Waals surface area contributed by atoms with E-state index in [2.05, 4.69) is 10.6 Å². The summed E-state index contributed by atoms with van der Waals surface area (Å²) in [5.74, 6) is -0.256. The summed E-state index contributed by atoms with van der Waals surface area (Å²) in [5, 5.41) is 7.34. The first kappa shape index (κ1) is 14.8. The largest absolute Gasteiger partial charge is 0.358 e. The molecule has 104 valence electrons. The fraction of sp³-hybridized carbons (Fsp3) is 0.133. The van der Waals surface area contributed by atoms with E-state index in [-0.39, 0.29) is 5.82 Å². The summed E-state index contributed by atoms with van der Waals surface area (Å²) >= 11 is 11.0. The quantitative estimate of drug-likeness (QED) is 0.828. The fourth-order valence-corrected chi connectivity index (χ4v) is 2.03. The van der Waals surface area contributed by atoms with Gasteiger partial charge in [0.05, 0.1) is 0 Å². The minimum Gasteiger partial charge on any atom is -0.358 e. The Morgan fingerprint density at radius 1 is 1.20 bits per heavy atom. The van der Waals surface area contributed by atoms with E-state index in [0.29, 0.717) is 16.7 Å². The molecule has 20 heavy (non-hydrogen) atoms. The molecule has 0 aliphatic heterocycles. The molecule has 0 bridgehead atoms. The van der Waals surface area contributed by atoms with E-state index >= 15 is 0 Å². The Bertz CT molecular complexity index is 614. The molecule has 0 fully saturated rings. The minimum atomic E-state index is -0.256. The number of hydrogen-bond donors (Lipinski definition) is 2. The predicted molar refractivity (Wildman–Crippen MR) is 85.6 cm³/mol. The van der Waals surface area contributed by atoms with Crippen LogP contribution in [0.1, 0.15) is 11.1 Å². The smallest absolute Gasteiger partial charge is 0.171 e. The van der Waals surface area contributed by atoms with Crippen LogP contribution in [0.2, 0.25) is 5.02 Å². The molecule has 0 saturated carbocycles. The molecule has 0 radical (unpaired) electrons. The Kier molecular flexibility index (Phi) is 4.93. The minimum absolute atomic E-state index is 0.256. The SMILES string of the molecule is Cc1cc(F)ccc1NC(=S)NCc1ccc(Cl)cc1. The monoisotopic (exact) mass is 308 g/mol. The van der Waals surface area contributed by atoms with Gasteiger partial charge in [0.25, 0.3) is 0 Å². The first-order valence-corrected chi connectivity index (χ1v) is 6.88. The Hall–Kier alpha value is -1.65. The van der Waals surface area contributed by atoms with Crippen LogP contribution in [0.5, 0.6) is 0 Å². The van der Waals surface area contributed by atoms with Crippen LogP contribution in [0, 0.1) is 12.7 Å². The van der Waals surface area contributed by atoms with Crippen molar-refractivity contribution in [3.63, 3.8) is 0 Å². The molecule has 2 rings (SSSR count). The van der Waals surface area contributed by atoms with E-state index in [1.54, 1.807) is 6.07 Å². The van der Waals surface area contributed by atoms with Gasteiger partial charge in [-0.3, -0.25) is 0 Å². The van der Waals surface area contributed by atoms with E-state index in [4.69, 9.17) is 23.8 Å². The van der Waals surface area contributed by atoms with Gasteiger partial charge in [-0.2, -0.15) is 0 Å². The number of hydrogen-bond acceptors (Lipinski definition) is 1. The number of nitrogens with one attached hydrogen (secondary N) is 2. The van der Waals surface area contributed by atoms with Crippen molar-refractivity contribution >= 4 is 34.6 Å². The lowest BCUT2D eigenvalue weighted by molar-refractivity contribution is 0.627. The first-order chi connectivity index (χ1) is 9.54. The van der Waals surface area contributed by atoms with Gasteiger partial charge in [0, 0.05) is 17.3 Å². The molecule has 0 aliphatic carbocycles. The summed E-state index contributed by atoms with van der Waals surface area (Å²) in [5.41, 5.74) is 2.68. The van der Waals surface area contributed by atoms with Crippen molar-refractivity contribution in [2.45, 2.75) is 13.5 Å². The molecule has 0 aromatic heterocycles. The van der Waals surface area contributed by atoms with Crippen LogP contribution in [0.25, 0.3) is 0 Å². The van der Waals surface area contributed by atoms with Crippen LogP contribution in [0.15, 0.2) is 42.5 Å². The highest BCUT2D eigenvalue weighted by Gasteiger charge is 2.02. The molecule has 0 aliphatic rings. The predicted octanol–water partition coefficient (Wildman–Crippen LogP) is 4.27. The molecule has 0 atom stereocenters. The zero-order chi connectivity index (χ0) is 14.5. The molecular formula is C15H14ClFN2S. The van der Waals surface area contributed by atoms with E-state index in [1.807, 2.05) is 31.2 Å². The number of rotatable bonds is 3. The van der Waals surface area contributed by atoms with Crippen molar-refractivity contribution < 1.29 is 4.39 Å². The molecule has 0 unspecified atom stereocenters. The maximum Gasteiger partial charge on any atom is 0.171 e. The summed E-state index contributed by atoms with van der Waals surface area (Å²) < 4.78 is 13.0. The summed E-state index contributed by atoms with van der Waals surface area (Å²) in [7, 11) is 0. The maximum absolute atomic E-state index is 13.0. The van der Waals surface area contributed by atoms with E-state index in [1.165, 1.54) is 12.1 Å². The fourth-order valence-electron chi connectivity index (χ4n) is 1.72. The third kappa shape index (κ3) is 4.18. The van der Waals surface area contributed by atoms with E-state index in [0.717, 1.165) is 16.8 Å². The summed E-state index contributed by atoms with van der Waals surface area (Å²) in [6.07, 6.45) is 0. The van der Waals surface area contributed by atoms with Gasteiger partial charge in [0.1, 0.15) is 5.82 Å². The summed E-state index contributed by atoms with van der Waals surface area (Å²) in [6.45, 7) is 2.43. The lowest BCUT2D eigenvalue weighted by Crippen LogP contribution is -2.28. The van der Waals surface area contributed by atoms with Crippen molar-refractivity contribution in [1.82, 2.24) is 5.32 Å². The molecule has 2 nitrogen and oxygen atoms in total. The molecule has 2 aromatic rings. The Morgan fingerprint density at radius 3 is 2.55 bits per heavy atom. The van der Waals surface area contributed by atoms with Crippen LogP contribution < -0.4 is 10.6 Å². The van der Waals surface area contributed by atoms with Crippen LogP contribution in [-0.4, -0.2) is 5.11 Å². The van der Waals surface area contributed by atoms with Crippen LogP contribution in [0.4, 0.5) is 10.1 Å². The molecular weight excluding hydrogens is 295 g/mol. The molecule has 0 amide bonds. The van der Waals surface area contributed by atoms with Gasteiger partial charge >= 0.3 is 0 Å². The Labute approximate surface area is 128 Å². The lowest BCUT2D eigenvalue weighted by atomic mass is 10.2. The van der Waals surface area contributed by atoms with Crippen molar-refractivity contribution in [3.05, 3.63) is 64.4 Å². The molecule has 2 N–H and O–H groups in total. The van der Waals surface area contributed by atoms with Gasteiger partial charge in [0.2, 0.25) is 0 Å². The molecule has 2 aromatic carbocycles. The van der Waals surface area contributed by atoms with E-state index < -0.39 is 0 Å². The van der Waals surface area contributed by atoms with Gasteiger partial charge < -0.3 is 10.6 Å². The molecule has 0 saturated heterocycles. The average molecular weight is 309 g/mol. The average Bonchev–Trinajstić information content (AvgIpc) is 2.41. The van der Waals surface area contributed by atoms with Gasteiger partial charge in [0.15, 0.2) is 5.11 Å². The molecule has 5 heteroatoms. The summed E-state index contributed by atoms with van der Waals surface area (Å²) in [6, 6.07) is 12.1. The zero-order valence-corrected chi connectivity index (χ0v) is 12.5. The zero-order valence-electron chi connectivity index (χ0n) is 10.9.